The summed E-state index contributed by atoms with van der Waals surface area (Å²) in [7, 11) is 0. The smallest absolute Gasteiger partial charge is 0.264 e. The van der Waals surface area contributed by atoms with Gasteiger partial charge < -0.3 is 19.9 Å². The zero-order chi connectivity index (χ0) is 22.1. The average Bonchev–Trinajstić information content (AvgIpc) is 3.46. The lowest BCUT2D eigenvalue weighted by molar-refractivity contribution is -0.120. The Hall–Kier alpha value is -3.04. The first-order valence-corrected chi connectivity index (χ1v) is 11.7. The summed E-state index contributed by atoms with van der Waals surface area (Å²) in [5.41, 5.74) is 1.71. The summed E-state index contributed by atoms with van der Waals surface area (Å²) in [6.07, 6.45) is 3.83. The highest BCUT2D eigenvalue weighted by Crippen LogP contribution is 2.34. The minimum Gasteiger partial charge on any atom is -0.376 e. The van der Waals surface area contributed by atoms with Crippen LogP contribution in [0, 0.1) is 6.92 Å². The molecule has 2 amide bonds. The molecule has 0 radical (unpaired) electrons. The number of piperazine rings is 1. The summed E-state index contributed by atoms with van der Waals surface area (Å²) in [5, 5.41) is 4.25. The molecule has 2 saturated heterocycles. The van der Waals surface area contributed by atoms with Crippen LogP contribution in [-0.4, -0.2) is 65.6 Å². The number of para-hydroxylation sites is 1. The first kappa shape index (κ1) is 20.8. The maximum Gasteiger partial charge on any atom is 0.264 e. The molecule has 1 N–H and O–H groups in total. The van der Waals surface area contributed by atoms with Crippen molar-refractivity contribution < 1.29 is 14.3 Å². The molecule has 9 heteroatoms. The van der Waals surface area contributed by atoms with Crippen LogP contribution in [-0.2, 0) is 9.53 Å². The van der Waals surface area contributed by atoms with E-state index >= 15 is 0 Å². The molecule has 2 aliphatic heterocycles. The van der Waals surface area contributed by atoms with Crippen molar-refractivity contribution in [2.75, 3.05) is 43.0 Å². The zero-order valence-electron chi connectivity index (χ0n) is 17.9. The van der Waals surface area contributed by atoms with E-state index in [-0.39, 0.29) is 24.5 Å². The van der Waals surface area contributed by atoms with Crippen LogP contribution in [0.1, 0.15) is 28.1 Å². The van der Waals surface area contributed by atoms with Gasteiger partial charge in [-0.05, 0) is 37.5 Å². The molecule has 5 rings (SSSR count). The molecule has 0 spiro atoms. The van der Waals surface area contributed by atoms with E-state index in [4.69, 9.17) is 4.74 Å². The summed E-state index contributed by atoms with van der Waals surface area (Å²) < 4.78 is 5.69. The third kappa shape index (κ3) is 3.93. The van der Waals surface area contributed by atoms with Gasteiger partial charge in [0.05, 0.1) is 16.4 Å². The lowest BCUT2D eigenvalue weighted by Gasteiger charge is -2.34. The highest BCUT2D eigenvalue weighted by atomic mass is 32.1. The van der Waals surface area contributed by atoms with E-state index in [0.29, 0.717) is 24.5 Å². The van der Waals surface area contributed by atoms with Crippen LogP contribution in [0.5, 0.6) is 0 Å². The molecule has 0 unspecified atom stereocenters. The fraction of sp³-hybridized carbons (Fsp3) is 0.391. The molecular formula is C23H25N5O3S. The first-order valence-electron chi connectivity index (χ1n) is 10.9. The number of hydrogen-bond acceptors (Lipinski definition) is 7. The molecular weight excluding hydrogens is 426 g/mol. The number of ether oxygens (including phenoxy) is 1. The lowest BCUT2D eigenvalue weighted by atomic mass is 10.1. The van der Waals surface area contributed by atoms with E-state index in [1.54, 1.807) is 9.80 Å². The molecule has 2 aromatic heterocycles. The number of hydrogen-bond donors (Lipinski definition) is 1. The molecule has 2 fully saturated rings. The Morgan fingerprint density at radius 3 is 2.84 bits per heavy atom. The van der Waals surface area contributed by atoms with Crippen LogP contribution >= 0.6 is 11.3 Å². The van der Waals surface area contributed by atoms with Crippen molar-refractivity contribution in [2.45, 2.75) is 25.9 Å². The number of fused-ring (bicyclic) bond motifs is 1. The number of amides is 2. The summed E-state index contributed by atoms with van der Waals surface area (Å²) in [6.45, 7) is 4.44. The van der Waals surface area contributed by atoms with Gasteiger partial charge in [0.25, 0.3) is 5.91 Å². The van der Waals surface area contributed by atoms with Crippen molar-refractivity contribution in [3.8, 4) is 0 Å². The van der Waals surface area contributed by atoms with Gasteiger partial charge in [-0.1, -0.05) is 18.2 Å². The maximum absolute atomic E-state index is 13.3. The summed E-state index contributed by atoms with van der Waals surface area (Å²) in [4.78, 5) is 39.6. The summed E-state index contributed by atoms with van der Waals surface area (Å²) in [6, 6.07) is 9.56. The maximum atomic E-state index is 13.3. The van der Waals surface area contributed by atoms with Crippen molar-refractivity contribution >= 4 is 44.9 Å². The summed E-state index contributed by atoms with van der Waals surface area (Å²) in [5.74, 6) is 0.521. The van der Waals surface area contributed by atoms with Crippen LogP contribution in [0.15, 0.2) is 36.7 Å². The number of carbonyl (C=O) groups is 2. The molecule has 1 atom stereocenters. The van der Waals surface area contributed by atoms with Crippen molar-refractivity contribution in [1.29, 1.82) is 0 Å². The molecule has 166 valence electrons. The number of benzene rings is 1. The fourth-order valence-corrected chi connectivity index (χ4v) is 5.41. The van der Waals surface area contributed by atoms with Gasteiger partial charge in [0.2, 0.25) is 5.91 Å². The topological polar surface area (TPSA) is 87.7 Å². The second-order valence-corrected chi connectivity index (χ2v) is 9.08. The minimum absolute atomic E-state index is 0.0667. The Labute approximate surface area is 190 Å². The van der Waals surface area contributed by atoms with Crippen molar-refractivity contribution in [3.05, 3.63) is 47.1 Å². The number of anilines is 2. The van der Waals surface area contributed by atoms with Crippen molar-refractivity contribution in [3.63, 3.8) is 0 Å². The fourth-order valence-electron chi connectivity index (χ4n) is 4.30. The SMILES string of the molecule is Cc1c(C(=O)N2CCN(c3ccccc3)C(=O)C2)sc2ncnc(NC[C@H]3CCCO3)c12. The van der Waals surface area contributed by atoms with Crippen LogP contribution in [0.2, 0.25) is 0 Å². The molecule has 2 aliphatic rings. The Morgan fingerprint density at radius 1 is 1.25 bits per heavy atom. The van der Waals surface area contributed by atoms with E-state index in [2.05, 4.69) is 15.3 Å². The predicted molar refractivity (Wildman–Crippen MR) is 124 cm³/mol. The van der Waals surface area contributed by atoms with E-state index in [1.807, 2.05) is 37.3 Å². The Morgan fingerprint density at radius 2 is 2.09 bits per heavy atom. The highest BCUT2D eigenvalue weighted by molar-refractivity contribution is 7.20. The van der Waals surface area contributed by atoms with Crippen LogP contribution in [0.3, 0.4) is 0 Å². The monoisotopic (exact) mass is 451 g/mol. The van der Waals surface area contributed by atoms with Gasteiger partial charge in [0, 0.05) is 31.9 Å². The Balaban J connectivity index is 1.34. The average molecular weight is 452 g/mol. The van der Waals surface area contributed by atoms with E-state index in [0.717, 1.165) is 46.7 Å². The van der Waals surface area contributed by atoms with Gasteiger partial charge in [0.15, 0.2) is 0 Å². The molecule has 0 bridgehead atoms. The molecule has 32 heavy (non-hydrogen) atoms. The highest BCUT2D eigenvalue weighted by Gasteiger charge is 2.31. The van der Waals surface area contributed by atoms with Gasteiger partial charge in [-0.2, -0.15) is 0 Å². The standard InChI is InChI=1S/C23H25N5O3S/c1-15-19-21(24-12-17-8-5-11-31-17)25-14-26-22(19)32-20(15)23(30)27-9-10-28(18(29)13-27)16-6-3-2-4-7-16/h2-4,6-7,14,17H,5,8-13H2,1H3,(H,24,25,26)/t17-/m1/s1. The Bertz CT molecular complexity index is 1140. The minimum atomic E-state index is -0.128. The largest absolute Gasteiger partial charge is 0.376 e. The second-order valence-electron chi connectivity index (χ2n) is 8.08. The molecule has 0 saturated carbocycles. The van der Waals surface area contributed by atoms with Gasteiger partial charge in [-0.25, -0.2) is 9.97 Å². The third-order valence-electron chi connectivity index (χ3n) is 6.02. The predicted octanol–water partition coefficient (Wildman–Crippen LogP) is 3.08. The summed E-state index contributed by atoms with van der Waals surface area (Å²) >= 11 is 1.36. The van der Waals surface area contributed by atoms with Crippen LogP contribution < -0.4 is 10.2 Å². The van der Waals surface area contributed by atoms with Crippen LogP contribution in [0.4, 0.5) is 11.5 Å². The zero-order valence-corrected chi connectivity index (χ0v) is 18.7. The number of carbonyl (C=O) groups excluding carboxylic acids is 2. The third-order valence-corrected chi connectivity index (χ3v) is 7.21. The van der Waals surface area contributed by atoms with Gasteiger partial charge in [-0.3, -0.25) is 9.59 Å². The molecule has 1 aromatic carbocycles. The molecule has 4 heterocycles. The molecule has 0 aliphatic carbocycles. The van der Waals surface area contributed by atoms with Crippen molar-refractivity contribution in [2.24, 2.45) is 0 Å². The number of aromatic nitrogens is 2. The normalized spacial score (nSPS) is 19.0. The van der Waals surface area contributed by atoms with Gasteiger partial charge in [0.1, 0.15) is 23.5 Å². The second kappa shape index (κ2) is 8.84. The number of nitrogens with zero attached hydrogens (tertiary/aromatic N) is 4. The Kier molecular flexibility index (Phi) is 5.75. The van der Waals surface area contributed by atoms with E-state index in [1.165, 1.54) is 17.7 Å². The number of nitrogens with one attached hydrogen (secondary N) is 1. The number of aryl methyl sites for hydroxylation is 1. The van der Waals surface area contributed by atoms with Gasteiger partial charge >= 0.3 is 0 Å². The van der Waals surface area contributed by atoms with E-state index in [9.17, 15) is 9.59 Å². The van der Waals surface area contributed by atoms with Crippen molar-refractivity contribution in [1.82, 2.24) is 14.9 Å². The van der Waals surface area contributed by atoms with Crippen LogP contribution in [0.25, 0.3) is 10.2 Å². The van der Waals surface area contributed by atoms with Gasteiger partial charge in [-0.15, -0.1) is 11.3 Å². The number of thiophene rings is 1. The lowest BCUT2D eigenvalue weighted by Crippen LogP contribution is -2.52. The number of rotatable bonds is 5. The first-order chi connectivity index (χ1) is 15.6. The quantitative estimate of drug-likeness (QED) is 0.642. The molecule has 3 aromatic rings. The molecule has 8 nitrogen and oxygen atoms in total. The van der Waals surface area contributed by atoms with E-state index < -0.39 is 0 Å².